The van der Waals surface area contributed by atoms with Gasteiger partial charge in [-0.1, -0.05) is 10.6 Å². The second-order valence-corrected chi connectivity index (χ2v) is 4.97. The Morgan fingerprint density at radius 1 is 1.47 bits per heavy atom. The Hall–Kier alpha value is -2.02. The molecule has 3 heterocycles. The molecule has 1 aliphatic rings. The van der Waals surface area contributed by atoms with Crippen LogP contribution in [0.1, 0.15) is 22.6 Å². The lowest BCUT2D eigenvalue weighted by Gasteiger charge is -2.25. The summed E-state index contributed by atoms with van der Waals surface area (Å²) >= 11 is 1.20. The second-order valence-electron chi connectivity index (χ2n) is 4.36. The highest BCUT2D eigenvalue weighted by Gasteiger charge is 2.21. The fourth-order valence-corrected chi connectivity index (χ4v) is 2.62. The van der Waals surface area contributed by atoms with Crippen molar-refractivity contribution >= 4 is 23.0 Å². The summed E-state index contributed by atoms with van der Waals surface area (Å²) in [5.74, 6) is -0.0472. The van der Waals surface area contributed by atoms with Gasteiger partial charge in [-0.3, -0.25) is 9.48 Å². The van der Waals surface area contributed by atoms with Crippen molar-refractivity contribution in [2.75, 3.05) is 13.1 Å². The smallest absolute Gasteiger partial charge is 0.275 e. The minimum Gasteiger partial charge on any atom is -0.333 e. The van der Waals surface area contributed by atoms with Gasteiger partial charge in [0.2, 0.25) is 0 Å². The Bertz CT molecular complexity index is 616. The number of nitrogens with zero attached hydrogens (tertiary/aromatic N) is 5. The van der Waals surface area contributed by atoms with E-state index in [-0.39, 0.29) is 5.91 Å². The number of hydrogen-bond acceptors (Lipinski definition) is 5. The number of rotatable bonds is 2. The van der Waals surface area contributed by atoms with Gasteiger partial charge in [0.25, 0.3) is 5.91 Å². The molecule has 0 N–H and O–H groups in total. The van der Waals surface area contributed by atoms with Crippen LogP contribution < -0.4 is 0 Å². The Labute approximate surface area is 114 Å². The van der Waals surface area contributed by atoms with Gasteiger partial charge in [0.05, 0.1) is 5.69 Å². The van der Waals surface area contributed by atoms with Crippen LogP contribution in [0.15, 0.2) is 23.7 Å². The maximum absolute atomic E-state index is 12.1. The molecule has 1 aliphatic heterocycles. The summed E-state index contributed by atoms with van der Waals surface area (Å²) < 4.78 is 5.58. The molecule has 0 atom stereocenters. The van der Waals surface area contributed by atoms with Crippen molar-refractivity contribution in [3.63, 3.8) is 0 Å². The monoisotopic (exact) mass is 275 g/mol. The zero-order valence-corrected chi connectivity index (χ0v) is 11.3. The average Bonchev–Trinajstić information content (AvgIpc) is 3.09. The quantitative estimate of drug-likeness (QED) is 0.826. The van der Waals surface area contributed by atoms with Gasteiger partial charge in [-0.2, -0.15) is 5.10 Å². The van der Waals surface area contributed by atoms with Gasteiger partial charge in [0.15, 0.2) is 5.69 Å². The van der Waals surface area contributed by atoms with Crippen LogP contribution in [0.4, 0.5) is 0 Å². The van der Waals surface area contributed by atoms with E-state index in [0.717, 1.165) is 12.1 Å². The second kappa shape index (κ2) is 4.93. The van der Waals surface area contributed by atoms with Gasteiger partial charge < -0.3 is 4.90 Å². The van der Waals surface area contributed by atoms with Gasteiger partial charge >= 0.3 is 0 Å². The first-order valence-corrected chi connectivity index (χ1v) is 6.83. The molecule has 2 aromatic rings. The molecule has 0 unspecified atom stereocenters. The molecular formula is C12H13N5OS. The maximum atomic E-state index is 12.1. The number of amides is 1. The summed E-state index contributed by atoms with van der Waals surface area (Å²) in [6, 6.07) is 1.99. The Morgan fingerprint density at radius 2 is 2.37 bits per heavy atom. The number of aryl methyl sites for hydroxylation is 1. The van der Waals surface area contributed by atoms with Crippen LogP contribution in [0.5, 0.6) is 0 Å². The molecule has 0 aliphatic carbocycles. The van der Waals surface area contributed by atoms with Crippen LogP contribution in [0.2, 0.25) is 0 Å². The summed E-state index contributed by atoms with van der Waals surface area (Å²) in [5.41, 5.74) is 2.78. The topological polar surface area (TPSA) is 63.9 Å². The first-order valence-electron chi connectivity index (χ1n) is 5.99. The van der Waals surface area contributed by atoms with Gasteiger partial charge in [-0.15, -0.1) is 5.10 Å². The molecule has 0 saturated carbocycles. The standard InChI is InChI=1S/C12H13N5OS/c1-16-11(2-5-13-16)9-3-6-17(7-4-9)12(18)10-8-19-15-14-10/h2-3,5,8H,4,6-7H2,1H3. The molecule has 2 aromatic heterocycles. The lowest BCUT2D eigenvalue weighted by molar-refractivity contribution is 0.0767. The van der Waals surface area contributed by atoms with Crippen LogP contribution in [-0.4, -0.2) is 43.3 Å². The molecule has 0 bridgehead atoms. The number of aromatic nitrogens is 4. The molecule has 98 valence electrons. The molecule has 0 spiro atoms. The van der Waals surface area contributed by atoms with Gasteiger partial charge in [0, 0.05) is 31.7 Å². The Morgan fingerprint density at radius 3 is 2.95 bits per heavy atom. The molecule has 0 radical (unpaired) electrons. The van der Waals surface area contributed by atoms with Crippen LogP contribution in [0, 0.1) is 0 Å². The molecule has 3 rings (SSSR count). The third-order valence-corrected chi connectivity index (χ3v) is 3.73. The Kier molecular flexibility index (Phi) is 3.12. The number of carbonyl (C=O) groups is 1. The fourth-order valence-electron chi connectivity index (χ4n) is 2.19. The normalized spacial score (nSPS) is 15.4. The SMILES string of the molecule is Cn1nccc1C1=CCN(C(=O)c2csnn2)CC1. The molecule has 1 amide bonds. The summed E-state index contributed by atoms with van der Waals surface area (Å²) in [7, 11) is 1.93. The van der Waals surface area contributed by atoms with Crippen molar-refractivity contribution in [1.82, 2.24) is 24.3 Å². The summed E-state index contributed by atoms with van der Waals surface area (Å²) in [5, 5.41) is 9.67. The molecule has 0 saturated heterocycles. The summed E-state index contributed by atoms with van der Waals surface area (Å²) in [6.07, 6.45) is 4.70. The van der Waals surface area contributed by atoms with E-state index in [0.29, 0.717) is 18.8 Å². The van der Waals surface area contributed by atoms with Crippen molar-refractivity contribution < 1.29 is 4.79 Å². The molecular weight excluding hydrogens is 262 g/mol. The lowest BCUT2D eigenvalue weighted by Crippen LogP contribution is -2.35. The highest BCUT2D eigenvalue weighted by atomic mass is 32.1. The van der Waals surface area contributed by atoms with Crippen LogP contribution in [0.3, 0.4) is 0 Å². The third kappa shape index (κ3) is 2.28. The van der Waals surface area contributed by atoms with Crippen LogP contribution in [-0.2, 0) is 7.05 Å². The van der Waals surface area contributed by atoms with Gasteiger partial charge in [0.1, 0.15) is 0 Å². The largest absolute Gasteiger partial charge is 0.333 e. The van der Waals surface area contributed by atoms with Crippen molar-refractivity contribution in [2.45, 2.75) is 6.42 Å². The molecule has 6 nitrogen and oxygen atoms in total. The van der Waals surface area contributed by atoms with Crippen molar-refractivity contribution in [3.8, 4) is 0 Å². The minimum absolute atomic E-state index is 0.0472. The van der Waals surface area contributed by atoms with E-state index in [4.69, 9.17) is 0 Å². The lowest BCUT2D eigenvalue weighted by atomic mass is 10.0. The summed E-state index contributed by atoms with van der Waals surface area (Å²) in [6.45, 7) is 1.31. The fraction of sp³-hybridized carbons (Fsp3) is 0.333. The van der Waals surface area contributed by atoms with Gasteiger partial charge in [-0.05, 0) is 29.6 Å². The van der Waals surface area contributed by atoms with E-state index in [1.807, 2.05) is 17.8 Å². The predicted octanol–water partition coefficient (Wildman–Crippen LogP) is 1.20. The molecule has 0 fully saturated rings. The number of hydrogen-bond donors (Lipinski definition) is 0. The van der Waals surface area contributed by atoms with Gasteiger partial charge in [-0.25, -0.2) is 0 Å². The Balaban J connectivity index is 1.74. The third-order valence-electron chi connectivity index (χ3n) is 3.23. The summed E-state index contributed by atoms with van der Waals surface area (Å²) in [4.78, 5) is 13.9. The zero-order chi connectivity index (χ0) is 13.2. The van der Waals surface area contributed by atoms with E-state index in [9.17, 15) is 4.79 Å². The van der Waals surface area contributed by atoms with Crippen LogP contribution in [0.25, 0.3) is 5.57 Å². The average molecular weight is 275 g/mol. The first-order chi connectivity index (χ1) is 9.25. The van der Waals surface area contributed by atoms with E-state index < -0.39 is 0 Å². The highest BCUT2D eigenvalue weighted by Crippen LogP contribution is 2.22. The van der Waals surface area contributed by atoms with Crippen molar-refractivity contribution in [3.05, 3.63) is 35.1 Å². The van der Waals surface area contributed by atoms with E-state index in [1.54, 1.807) is 16.5 Å². The highest BCUT2D eigenvalue weighted by molar-refractivity contribution is 7.03. The zero-order valence-electron chi connectivity index (χ0n) is 10.5. The van der Waals surface area contributed by atoms with E-state index >= 15 is 0 Å². The minimum atomic E-state index is -0.0472. The number of carbonyl (C=O) groups excluding carboxylic acids is 1. The van der Waals surface area contributed by atoms with E-state index in [2.05, 4.69) is 20.8 Å². The molecule has 7 heteroatoms. The van der Waals surface area contributed by atoms with E-state index in [1.165, 1.54) is 17.1 Å². The first kappa shape index (κ1) is 12.0. The van der Waals surface area contributed by atoms with Crippen LogP contribution >= 0.6 is 11.5 Å². The predicted molar refractivity (Wildman–Crippen MR) is 71.6 cm³/mol. The maximum Gasteiger partial charge on any atom is 0.275 e. The van der Waals surface area contributed by atoms with Crippen molar-refractivity contribution in [2.24, 2.45) is 7.05 Å². The molecule has 0 aromatic carbocycles. The molecule has 19 heavy (non-hydrogen) atoms. The van der Waals surface area contributed by atoms with Crippen molar-refractivity contribution in [1.29, 1.82) is 0 Å².